The highest BCUT2D eigenvalue weighted by Crippen LogP contribution is 2.37. The van der Waals surface area contributed by atoms with Gasteiger partial charge in [-0.1, -0.05) is 42.5 Å². The van der Waals surface area contributed by atoms with E-state index in [1.54, 1.807) is 7.11 Å². The highest BCUT2D eigenvalue weighted by atomic mass is 16.5. The SMILES string of the molecule is COc1ccc(C2CCc3cc(OCc4ccccc4)ccc3C2)c(N)c1. The molecule has 1 unspecified atom stereocenters. The second kappa shape index (κ2) is 7.75. The first-order valence-corrected chi connectivity index (χ1v) is 9.45. The van der Waals surface area contributed by atoms with Crippen LogP contribution in [0.2, 0.25) is 0 Å². The molecule has 2 N–H and O–H groups in total. The van der Waals surface area contributed by atoms with Crippen LogP contribution in [0.5, 0.6) is 11.5 Å². The molecular formula is C24H25NO2. The molecule has 3 aromatic rings. The summed E-state index contributed by atoms with van der Waals surface area (Å²) in [6, 6.07) is 22.8. The molecule has 3 nitrogen and oxygen atoms in total. The quantitative estimate of drug-likeness (QED) is 0.642. The van der Waals surface area contributed by atoms with Crippen molar-refractivity contribution in [2.75, 3.05) is 12.8 Å². The van der Waals surface area contributed by atoms with E-state index in [-0.39, 0.29) is 0 Å². The van der Waals surface area contributed by atoms with Crippen molar-refractivity contribution in [2.45, 2.75) is 31.8 Å². The Hall–Kier alpha value is -2.94. The van der Waals surface area contributed by atoms with Gasteiger partial charge in [-0.05, 0) is 65.6 Å². The number of hydrogen-bond acceptors (Lipinski definition) is 3. The van der Waals surface area contributed by atoms with E-state index in [0.717, 1.165) is 36.4 Å². The topological polar surface area (TPSA) is 44.5 Å². The fourth-order valence-corrected chi connectivity index (χ4v) is 3.88. The van der Waals surface area contributed by atoms with Crippen LogP contribution in [-0.4, -0.2) is 7.11 Å². The van der Waals surface area contributed by atoms with Crippen molar-refractivity contribution in [2.24, 2.45) is 0 Å². The lowest BCUT2D eigenvalue weighted by atomic mass is 9.79. The Morgan fingerprint density at radius 2 is 1.74 bits per heavy atom. The fourth-order valence-electron chi connectivity index (χ4n) is 3.88. The number of nitrogens with two attached hydrogens (primary N) is 1. The van der Waals surface area contributed by atoms with Crippen molar-refractivity contribution in [3.05, 3.63) is 89.0 Å². The van der Waals surface area contributed by atoms with Crippen LogP contribution in [0.4, 0.5) is 5.69 Å². The van der Waals surface area contributed by atoms with E-state index < -0.39 is 0 Å². The summed E-state index contributed by atoms with van der Waals surface area (Å²) < 4.78 is 11.2. The van der Waals surface area contributed by atoms with Crippen molar-refractivity contribution >= 4 is 5.69 Å². The summed E-state index contributed by atoms with van der Waals surface area (Å²) in [5.41, 5.74) is 12.3. The van der Waals surface area contributed by atoms with Gasteiger partial charge in [-0.15, -0.1) is 0 Å². The van der Waals surface area contributed by atoms with E-state index in [4.69, 9.17) is 15.2 Å². The minimum absolute atomic E-state index is 0.458. The summed E-state index contributed by atoms with van der Waals surface area (Å²) in [5, 5.41) is 0. The van der Waals surface area contributed by atoms with Crippen molar-refractivity contribution < 1.29 is 9.47 Å². The molecule has 0 saturated heterocycles. The molecule has 0 amide bonds. The fraction of sp³-hybridized carbons (Fsp3) is 0.250. The third-order valence-electron chi connectivity index (χ3n) is 5.39. The molecular weight excluding hydrogens is 334 g/mol. The molecule has 27 heavy (non-hydrogen) atoms. The first kappa shape index (κ1) is 17.5. The van der Waals surface area contributed by atoms with Gasteiger partial charge in [0.05, 0.1) is 7.11 Å². The molecule has 138 valence electrons. The first-order chi connectivity index (χ1) is 13.2. The first-order valence-electron chi connectivity index (χ1n) is 9.45. The van der Waals surface area contributed by atoms with Gasteiger partial charge in [0.25, 0.3) is 0 Å². The second-order valence-corrected chi connectivity index (χ2v) is 7.14. The molecule has 0 aromatic heterocycles. The van der Waals surface area contributed by atoms with Crippen LogP contribution in [-0.2, 0) is 19.4 Å². The van der Waals surface area contributed by atoms with Crippen LogP contribution in [0.15, 0.2) is 66.7 Å². The molecule has 3 heteroatoms. The van der Waals surface area contributed by atoms with Crippen LogP contribution in [0.1, 0.15) is 34.6 Å². The number of benzene rings is 3. The molecule has 4 rings (SSSR count). The van der Waals surface area contributed by atoms with Crippen LogP contribution < -0.4 is 15.2 Å². The monoisotopic (exact) mass is 359 g/mol. The van der Waals surface area contributed by atoms with E-state index in [9.17, 15) is 0 Å². The summed E-state index contributed by atoms with van der Waals surface area (Å²) in [6.07, 6.45) is 3.17. The lowest BCUT2D eigenvalue weighted by Crippen LogP contribution is -2.14. The largest absolute Gasteiger partial charge is 0.497 e. The summed E-state index contributed by atoms with van der Waals surface area (Å²) in [5.74, 6) is 2.21. The van der Waals surface area contributed by atoms with Crippen LogP contribution in [0.25, 0.3) is 0 Å². The third kappa shape index (κ3) is 3.92. The van der Waals surface area contributed by atoms with Gasteiger partial charge in [-0.3, -0.25) is 0 Å². The summed E-state index contributed by atoms with van der Waals surface area (Å²) in [4.78, 5) is 0. The average Bonchev–Trinajstić information content (AvgIpc) is 2.72. The van der Waals surface area contributed by atoms with E-state index >= 15 is 0 Å². The smallest absolute Gasteiger partial charge is 0.120 e. The number of anilines is 1. The molecule has 0 bridgehead atoms. The van der Waals surface area contributed by atoms with Gasteiger partial charge < -0.3 is 15.2 Å². The number of fused-ring (bicyclic) bond motifs is 1. The Bertz CT molecular complexity index is 921. The van der Waals surface area contributed by atoms with Gasteiger partial charge in [0.2, 0.25) is 0 Å². The summed E-state index contributed by atoms with van der Waals surface area (Å²) in [6.45, 7) is 0.602. The van der Waals surface area contributed by atoms with Gasteiger partial charge in [0.1, 0.15) is 18.1 Å². The van der Waals surface area contributed by atoms with E-state index in [0.29, 0.717) is 12.5 Å². The highest BCUT2D eigenvalue weighted by molar-refractivity contribution is 5.54. The Kier molecular flexibility index (Phi) is 5.01. The third-order valence-corrected chi connectivity index (χ3v) is 5.39. The molecule has 1 aliphatic rings. The molecule has 0 saturated carbocycles. The normalized spacial score (nSPS) is 15.8. The maximum atomic E-state index is 6.27. The maximum absolute atomic E-state index is 6.27. The Morgan fingerprint density at radius 3 is 2.52 bits per heavy atom. The van der Waals surface area contributed by atoms with Gasteiger partial charge in [0, 0.05) is 11.8 Å². The molecule has 0 aliphatic heterocycles. The maximum Gasteiger partial charge on any atom is 0.120 e. The predicted octanol–water partition coefficient (Wildman–Crippen LogP) is 5.13. The van der Waals surface area contributed by atoms with Crippen molar-refractivity contribution in [3.63, 3.8) is 0 Å². The van der Waals surface area contributed by atoms with Crippen molar-refractivity contribution in [1.29, 1.82) is 0 Å². The van der Waals surface area contributed by atoms with Crippen molar-refractivity contribution in [3.8, 4) is 11.5 Å². The van der Waals surface area contributed by atoms with Gasteiger partial charge in [0.15, 0.2) is 0 Å². The molecule has 0 spiro atoms. The molecule has 0 radical (unpaired) electrons. The minimum Gasteiger partial charge on any atom is -0.497 e. The van der Waals surface area contributed by atoms with E-state index in [1.807, 2.05) is 30.3 Å². The standard InChI is InChI=1S/C24H25NO2/c1-26-21-11-12-23(24(25)15-21)20-8-7-19-14-22(10-9-18(19)13-20)27-16-17-5-3-2-4-6-17/h2-6,9-12,14-15,20H,7-8,13,16,25H2,1H3. The number of hydrogen-bond donors (Lipinski definition) is 1. The number of methoxy groups -OCH3 is 1. The molecule has 0 heterocycles. The second-order valence-electron chi connectivity index (χ2n) is 7.14. The zero-order valence-corrected chi connectivity index (χ0v) is 15.7. The van der Waals surface area contributed by atoms with E-state index in [1.165, 1.54) is 22.3 Å². The van der Waals surface area contributed by atoms with Gasteiger partial charge >= 0.3 is 0 Å². The zero-order valence-electron chi connectivity index (χ0n) is 15.7. The lowest BCUT2D eigenvalue weighted by Gasteiger charge is -2.26. The van der Waals surface area contributed by atoms with Crippen LogP contribution >= 0.6 is 0 Å². The number of aryl methyl sites for hydroxylation is 1. The van der Waals surface area contributed by atoms with Crippen molar-refractivity contribution in [1.82, 2.24) is 0 Å². The minimum atomic E-state index is 0.458. The Labute approximate surface area is 160 Å². The molecule has 0 fully saturated rings. The highest BCUT2D eigenvalue weighted by Gasteiger charge is 2.22. The number of rotatable bonds is 5. The summed E-state index contributed by atoms with van der Waals surface area (Å²) in [7, 11) is 1.67. The predicted molar refractivity (Wildman–Crippen MR) is 109 cm³/mol. The number of ether oxygens (including phenoxy) is 2. The Morgan fingerprint density at radius 1 is 0.926 bits per heavy atom. The zero-order chi connectivity index (χ0) is 18.6. The van der Waals surface area contributed by atoms with Crippen LogP contribution in [0.3, 0.4) is 0 Å². The summed E-state index contributed by atoms with van der Waals surface area (Å²) >= 11 is 0. The van der Waals surface area contributed by atoms with Crippen LogP contribution in [0, 0.1) is 0 Å². The molecule has 3 aromatic carbocycles. The van der Waals surface area contributed by atoms with Gasteiger partial charge in [-0.2, -0.15) is 0 Å². The number of nitrogen functional groups attached to an aromatic ring is 1. The van der Waals surface area contributed by atoms with Gasteiger partial charge in [-0.25, -0.2) is 0 Å². The Balaban J connectivity index is 1.46. The molecule has 1 atom stereocenters. The molecule has 1 aliphatic carbocycles. The average molecular weight is 359 g/mol. The van der Waals surface area contributed by atoms with E-state index in [2.05, 4.69) is 36.4 Å². The lowest BCUT2D eigenvalue weighted by molar-refractivity contribution is 0.305.